The smallest absolute Gasteiger partial charge is 0.339 e. The molecule has 136 valence electrons. The summed E-state index contributed by atoms with van der Waals surface area (Å²) < 4.78 is 27.8. The number of carbonyl (C=O) groups excluding carboxylic acids is 2. The lowest BCUT2D eigenvalue weighted by molar-refractivity contribution is -0.385. The van der Waals surface area contributed by atoms with Gasteiger partial charge >= 0.3 is 5.97 Å². The number of nitrogens with one attached hydrogen (secondary N) is 1. The van der Waals surface area contributed by atoms with E-state index in [0.717, 1.165) is 6.07 Å². The van der Waals surface area contributed by atoms with E-state index >= 15 is 0 Å². The zero-order chi connectivity index (χ0) is 18.8. The Morgan fingerprint density at radius 2 is 2.08 bits per heavy atom. The minimum atomic E-state index is -3.14. The van der Waals surface area contributed by atoms with Gasteiger partial charge in [0.2, 0.25) is 0 Å². The molecule has 0 saturated carbocycles. The molecule has 2 atom stereocenters. The molecule has 0 aliphatic carbocycles. The molecule has 1 N–H and O–H groups in total. The zero-order valence-corrected chi connectivity index (χ0v) is 14.5. The molecule has 0 bridgehead atoms. The lowest BCUT2D eigenvalue weighted by Gasteiger charge is -2.16. The predicted molar refractivity (Wildman–Crippen MR) is 87.9 cm³/mol. The molecule has 1 fully saturated rings. The third-order valence-electron chi connectivity index (χ3n) is 3.87. The summed E-state index contributed by atoms with van der Waals surface area (Å²) in [5.74, 6) is -1.61. The van der Waals surface area contributed by atoms with Crippen LogP contribution in [0.3, 0.4) is 0 Å². The van der Waals surface area contributed by atoms with Gasteiger partial charge in [-0.1, -0.05) is 6.07 Å². The summed E-state index contributed by atoms with van der Waals surface area (Å²) in [6.45, 7) is 2.89. The van der Waals surface area contributed by atoms with Gasteiger partial charge in [-0.2, -0.15) is 0 Å². The third kappa shape index (κ3) is 4.75. The maximum atomic E-state index is 12.1. The van der Waals surface area contributed by atoms with E-state index in [4.69, 9.17) is 4.74 Å². The summed E-state index contributed by atoms with van der Waals surface area (Å²) in [5.41, 5.74) is 0.137. The van der Waals surface area contributed by atoms with Crippen molar-refractivity contribution >= 4 is 27.4 Å². The predicted octanol–water partition coefficient (Wildman–Crippen LogP) is 0.752. The van der Waals surface area contributed by atoms with Crippen LogP contribution in [0, 0.1) is 17.0 Å². The number of benzene rings is 1. The number of nitrogens with zero attached hydrogens (tertiary/aromatic N) is 1. The Morgan fingerprint density at radius 3 is 2.64 bits per heavy atom. The molecule has 1 aliphatic rings. The van der Waals surface area contributed by atoms with Crippen molar-refractivity contribution in [3.63, 3.8) is 0 Å². The van der Waals surface area contributed by atoms with E-state index in [9.17, 15) is 28.1 Å². The lowest BCUT2D eigenvalue weighted by atomic mass is 10.1. The fourth-order valence-electron chi connectivity index (χ4n) is 2.44. The van der Waals surface area contributed by atoms with Crippen molar-refractivity contribution in [3.8, 4) is 0 Å². The van der Waals surface area contributed by atoms with Gasteiger partial charge in [-0.15, -0.1) is 0 Å². The van der Waals surface area contributed by atoms with E-state index < -0.39 is 38.8 Å². The summed E-state index contributed by atoms with van der Waals surface area (Å²) in [7, 11) is -3.14. The molecule has 0 unspecified atom stereocenters. The van der Waals surface area contributed by atoms with Gasteiger partial charge in [0.15, 0.2) is 15.9 Å². The summed E-state index contributed by atoms with van der Waals surface area (Å²) in [6, 6.07) is 3.38. The van der Waals surface area contributed by atoms with Crippen LogP contribution in [-0.2, 0) is 19.4 Å². The van der Waals surface area contributed by atoms with Crippen molar-refractivity contribution in [3.05, 3.63) is 39.4 Å². The van der Waals surface area contributed by atoms with Crippen molar-refractivity contribution in [2.45, 2.75) is 32.4 Å². The molecular weight excluding hydrogens is 352 g/mol. The van der Waals surface area contributed by atoms with E-state index in [1.807, 2.05) is 0 Å². The quantitative estimate of drug-likeness (QED) is 0.459. The molecule has 1 saturated heterocycles. The fourth-order valence-corrected chi connectivity index (χ4v) is 4.12. The average Bonchev–Trinajstić information content (AvgIpc) is 2.85. The second-order valence-electron chi connectivity index (χ2n) is 5.91. The first-order valence-corrected chi connectivity index (χ1v) is 9.38. The number of aryl methyl sites for hydroxylation is 1. The van der Waals surface area contributed by atoms with E-state index in [2.05, 4.69) is 5.32 Å². The van der Waals surface area contributed by atoms with Crippen LogP contribution in [0.4, 0.5) is 5.69 Å². The molecule has 0 spiro atoms. The number of nitro benzene ring substituents is 1. The van der Waals surface area contributed by atoms with E-state index in [1.165, 1.54) is 19.1 Å². The first-order chi connectivity index (χ1) is 11.6. The van der Waals surface area contributed by atoms with Crippen LogP contribution in [-0.4, -0.2) is 48.9 Å². The van der Waals surface area contributed by atoms with Crippen LogP contribution in [0.1, 0.15) is 29.3 Å². The van der Waals surface area contributed by atoms with Crippen LogP contribution >= 0.6 is 0 Å². The molecule has 1 heterocycles. The summed E-state index contributed by atoms with van der Waals surface area (Å²) in [5, 5.41) is 13.4. The Balaban J connectivity index is 1.99. The average molecular weight is 370 g/mol. The number of nitro groups is 1. The standard InChI is InChI=1S/C15H18N2O7S/c1-9-3-4-11(7-13(9)17(20)21)15(19)24-10(2)14(18)16-12-5-6-25(22,23)8-12/h3-4,7,10,12H,5-6,8H2,1-2H3,(H,16,18)/t10-,12-/m1/s1. The lowest BCUT2D eigenvalue weighted by Crippen LogP contribution is -2.42. The SMILES string of the molecule is Cc1ccc(C(=O)O[C@H](C)C(=O)N[C@@H]2CCS(=O)(=O)C2)cc1[N+](=O)[O-]. The molecule has 1 amide bonds. The van der Waals surface area contributed by atoms with Crippen LogP contribution in [0.5, 0.6) is 0 Å². The van der Waals surface area contributed by atoms with Gasteiger partial charge in [0.25, 0.3) is 11.6 Å². The van der Waals surface area contributed by atoms with Crippen molar-refractivity contribution in [1.29, 1.82) is 0 Å². The van der Waals surface area contributed by atoms with Gasteiger partial charge in [0, 0.05) is 17.7 Å². The molecule has 1 aliphatic heterocycles. The Labute approximate surface area is 144 Å². The Kier molecular flexibility index (Phi) is 5.41. The number of ether oxygens (including phenoxy) is 1. The fraction of sp³-hybridized carbons (Fsp3) is 0.467. The van der Waals surface area contributed by atoms with Crippen LogP contribution in [0.2, 0.25) is 0 Å². The number of carbonyl (C=O) groups is 2. The van der Waals surface area contributed by atoms with Gasteiger partial charge in [-0.3, -0.25) is 14.9 Å². The Hall–Kier alpha value is -2.49. The highest BCUT2D eigenvalue weighted by atomic mass is 32.2. The largest absolute Gasteiger partial charge is 0.449 e. The second kappa shape index (κ2) is 7.18. The first-order valence-electron chi connectivity index (χ1n) is 7.56. The molecule has 10 heteroatoms. The molecule has 0 radical (unpaired) electrons. The summed E-state index contributed by atoms with van der Waals surface area (Å²) in [4.78, 5) is 34.4. The highest BCUT2D eigenvalue weighted by Crippen LogP contribution is 2.20. The first kappa shape index (κ1) is 18.8. The minimum absolute atomic E-state index is 0.0130. The van der Waals surface area contributed by atoms with Crippen LogP contribution in [0.25, 0.3) is 0 Å². The monoisotopic (exact) mass is 370 g/mol. The maximum absolute atomic E-state index is 12.1. The summed E-state index contributed by atoms with van der Waals surface area (Å²) in [6.07, 6.45) is -0.838. The van der Waals surface area contributed by atoms with Crippen LogP contribution < -0.4 is 5.32 Å². The Morgan fingerprint density at radius 1 is 1.40 bits per heavy atom. The zero-order valence-electron chi connectivity index (χ0n) is 13.7. The molecule has 2 rings (SSSR count). The normalized spacial score (nSPS) is 19.8. The van der Waals surface area contributed by atoms with Gasteiger partial charge in [-0.25, -0.2) is 13.2 Å². The third-order valence-corrected chi connectivity index (χ3v) is 5.64. The van der Waals surface area contributed by atoms with Gasteiger partial charge in [-0.05, 0) is 26.3 Å². The van der Waals surface area contributed by atoms with Gasteiger partial charge in [0.05, 0.1) is 22.0 Å². The van der Waals surface area contributed by atoms with Gasteiger partial charge in [0.1, 0.15) is 0 Å². The second-order valence-corrected chi connectivity index (χ2v) is 8.14. The highest BCUT2D eigenvalue weighted by molar-refractivity contribution is 7.91. The van der Waals surface area contributed by atoms with Crippen molar-refractivity contribution in [2.75, 3.05) is 11.5 Å². The van der Waals surface area contributed by atoms with E-state index in [0.29, 0.717) is 12.0 Å². The maximum Gasteiger partial charge on any atom is 0.339 e. The van der Waals surface area contributed by atoms with Crippen molar-refractivity contribution in [1.82, 2.24) is 5.32 Å². The van der Waals surface area contributed by atoms with Crippen molar-refractivity contribution < 1.29 is 27.7 Å². The molecule has 0 aromatic heterocycles. The number of esters is 1. The highest BCUT2D eigenvalue weighted by Gasteiger charge is 2.31. The van der Waals surface area contributed by atoms with Crippen LogP contribution in [0.15, 0.2) is 18.2 Å². The number of sulfone groups is 1. The van der Waals surface area contributed by atoms with Gasteiger partial charge < -0.3 is 10.1 Å². The molecule has 9 nitrogen and oxygen atoms in total. The molecular formula is C15H18N2O7S. The number of rotatable bonds is 5. The van der Waals surface area contributed by atoms with E-state index in [-0.39, 0.29) is 22.8 Å². The molecule has 1 aromatic rings. The Bertz CT molecular complexity index is 819. The minimum Gasteiger partial charge on any atom is -0.449 e. The number of amides is 1. The number of hydrogen-bond donors (Lipinski definition) is 1. The number of hydrogen-bond acceptors (Lipinski definition) is 7. The topological polar surface area (TPSA) is 133 Å². The van der Waals surface area contributed by atoms with E-state index in [1.54, 1.807) is 6.92 Å². The molecule has 25 heavy (non-hydrogen) atoms. The van der Waals surface area contributed by atoms with Crippen molar-refractivity contribution in [2.24, 2.45) is 0 Å². The summed E-state index contributed by atoms with van der Waals surface area (Å²) >= 11 is 0. The molecule has 1 aromatic carbocycles.